The number of rotatable bonds is 3. The molecule has 134 valence electrons. The summed E-state index contributed by atoms with van der Waals surface area (Å²) in [5, 5.41) is 1.94. The lowest BCUT2D eigenvalue weighted by Crippen LogP contribution is -2.33. The summed E-state index contributed by atoms with van der Waals surface area (Å²) in [6.45, 7) is 2.20. The normalized spacial score (nSPS) is 27.2. The van der Waals surface area contributed by atoms with Gasteiger partial charge in [-0.2, -0.15) is 0 Å². The molecule has 0 spiro atoms. The maximum absolute atomic E-state index is 6.52. The van der Waals surface area contributed by atoms with Crippen molar-refractivity contribution in [3.05, 3.63) is 47.0 Å². The number of halogens is 2. The van der Waals surface area contributed by atoms with E-state index in [1.807, 2.05) is 22.9 Å². The number of pyridine rings is 1. The fourth-order valence-electron chi connectivity index (χ4n) is 4.33. The Bertz CT molecular complexity index is 1000. The third kappa shape index (κ3) is 2.27. The number of imidazole rings is 1. The molecule has 3 heterocycles. The number of nitrogens with two attached hydrogens (primary N) is 1. The van der Waals surface area contributed by atoms with Crippen molar-refractivity contribution in [2.75, 3.05) is 4.90 Å². The van der Waals surface area contributed by atoms with Crippen LogP contribution in [0.5, 0.6) is 0 Å². The van der Waals surface area contributed by atoms with Gasteiger partial charge in [-0.25, -0.2) is 9.97 Å². The van der Waals surface area contributed by atoms with Gasteiger partial charge in [-0.15, -0.1) is 0 Å². The maximum atomic E-state index is 6.52. The van der Waals surface area contributed by atoms with Crippen LogP contribution in [0.3, 0.4) is 0 Å². The standard InChI is InChI=1S/C19H19Cl2N5/c1-2-11-8-19(22)9-15(19)26(11)16-7-14(25-6-5-23-10-25)12-3-4-13(20)17(21)18(12)24-16/h3-7,10-11,15H,2,8-9,22H2,1H3/t11-,15?,19?/m1/s1. The van der Waals surface area contributed by atoms with E-state index in [-0.39, 0.29) is 5.54 Å². The van der Waals surface area contributed by atoms with E-state index in [0.29, 0.717) is 27.6 Å². The molecule has 1 aliphatic heterocycles. The molecule has 5 nitrogen and oxygen atoms in total. The van der Waals surface area contributed by atoms with E-state index in [1.54, 1.807) is 12.5 Å². The predicted octanol–water partition coefficient (Wildman–Crippen LogP) is 4.19. The molecule has 7 heteroatoms. The molecule has 2 aromatic heterocycles. The summed E-state index contributed by atoms with van der Waals surface area (Å²) in [4.78, 5) is 11.5. The fourth-order valence-corrected chi connectivity index (χ4v) is 4.68. The van der Waals surface area contributed by atoms with Crippen molar-refractivity contribution in [3.63, 3.8) is 0 Å². The van der Waals surface area contributed by atoms with E-state index in [0.717, 1.165) is 36.2 Å². The van der Waals surface area contributed by atoms with Crippen LogP contribution in [-0.2, 0) is 0 Å². The monoisotopic (exact) mass is 387 g/mol. The van der Waals surface area contributed by atoms with Gasteiger partial charge >= 0.3 is 0 Å². The van der Waals surface area contributed by atoms with Crippen LogP contribution in [0.25, 0.3) is 16.6 Å². The lowest BCUT2D eigenvalue weighted by atomic mass is 10.1. The Balaban J connectivity index is 1.75. The number of anilines is 1. The summed E-state index contributed by atoms with van der Waals surface area (Å²) in [6.07, 6.45) is 8.54. The first kappa shape index (κ1) is 16.4. The molecule has 5 rings (SSSR count). The SMILES string of the molecule is CC[C@@H]1CC2(N)CC2N1c1cc(-n2ccnc2)c2ccc(Cl)c(Cl)c2n1. The zero-order chi connectivity index (χ0) is 18.1. The highest BCUT2D eigenvalue weighted by Gasteiger charge is 2.62. The molecule has 0 amide bonds. The molecule has 1 saturated carbocycles. The van der Waals surface area contributed by atoms with E-state index < -0.39 is 0 Å². The molecular formula is C19H19Cl2N5. The fraction of sp³-hybridized carbons (Fsp3) is 0.368. The van der Waals surface area contributed by atoms with Gasteiger partial charge in [0.2, 0.25) is 0 Å². The minimum absolute atomic E-state index is 0.0649. The smallest absolute Gasteiger partial charge is 0.131 e. The summed E-state index contributed by atoms with van der Waals surface area (Å²) >= 11 is 12.8. The highest BCUT2D eigenvalue weighted by atomic mass is 35.5. The van der Waals surface area contributed by atoms with E-state index in [9.17, 15) is 0 Å². The molecule has 26 heavy (non-hydrogen) atoms. The van der Waals surface area contributed by atoms with Crippen LogP contribution >= 0.6 is 23.2 Å². The molecule has 0 bridgehead atoms. The van der Waals surface area contributed by atoms with Crippen molar-refractivity contribution >= 4 is 39.9 Å². The van der Waals surface area contributed by atoms with Gasteiger partial charge in [-0.1, -0.05) is 30.1 Å². The zero-order valence-corrected chi connectivity index (χ0v) is 15.9. The highest BCUT2D eigenvalue weighted by Crippen LogP contribution is 2.52. The largest absolute Gasteiger partial charge is 0.349 e. The topological polar surface area (TPSA) is 60.0 Å². The van der Waals surface area contributed by atoms with Crippen molar-refractivity contribution < 1.29 is 0 Å². The lowest BCUT2D eigenvalue weighted by molar-refractivity contribution is 0.547. The molecule has 1 aromatic carbocycles. The van der Waals surface area contributed by atoms with Crippen LogP contribution < -0.4 is 10.6 Å². The molecule has 3 atom stereocenters. The van der Waals surface area contributed by atoms with E-state index >= 15 is 0 Å². The Kier molecular flexibility index (Phi) is 3.52. The van der Waals surface area contributed by atoms with E-state index in [1.165, 1.54) is 0 Å². The van der Waals surface area contributed by atoms with Crippen LogP contribution in [0.1, 0.15) is 26.2 Å². The van der Waals surface area contributed by atoms with Crippen LogP contribution in [0.15, 0.2) is 36.9 Å². The van der Waals surface area contributed by atoms with Crippen molar-refractivity contribution in [1.29, 1.82) is 0 Å². The predicted molar refractivity (Wildman–Crippen MR) is 105 cm³/mol. The van der Waals surface area contributed by atoms with Gasteiger partial charge in [0.1, 0.15) is 5.82 Å². The van der Waals surface area contributed by atoms with Crippen LogP contribution in [-0.4, -0.2) is 32.2 Å². The lowest BCUT2D eigenvalue weighted by Gasteiger charge is -2.28. The first-order chi connectivity index (χ1) is 12.5. The number of fused-ring (bicyclic) bond motifs is 2. The van der Waals surface area contributed by atoms with Gasteiger partial charge in [0.15, 0.2) is 0 Å². The van der Waals surface area contributed by atoms with Gasteiger partial charge in [0.25, 0.3) is 0 Å². The van der Waals surface area contributed by atoms with Crippen molar-refractivity contribution in [3.8, 4) is 5.69 Å². The third-order valence-corrected chi connectivity index (χ3v) is 6.57. The average molecular weight is 388 g/mol. The molecule has 2 aliphatic rings. The third-order valence-electron chi connectivity index (χ3n) is 5.78. The number of hydrogen-bond donors (Lipinski definition) is 1. The first-order valence-electron chi connectivity index (χ1n) is 8.86. The Labute approximate surface area is 161 Å². The number of aromatic nitrogens is 3. The molecule has 2 fully saturated rings. The highest BCUT2D eigenvalue weighted by molar-refractivity contribution is 6.45. The number of benzene rings is 1. The molecular weight excluding hydrogens is 369 g/mol. The number of piperidine rings is 1. The summed E-state index contributed by atoms with van der Waals surface area (Å²) in [6, 6.07) is 6.63. The molecule has 1 saturated heterocycles. The first-order valence-corrected chi connectivity index (χ1v) is 9.62. The van der Waals surface area contributed by atoms with E-state index in [4.69, 9.17) is 33.9 Å². The number of nitrogens with zero attached hydrogens (tertiary/aromatic N) is 4. The number of hydrogen-bond acceptors (Lipinski definition) is 4. The second-order valence-electron chi connectivity index (χ2n) is 7.35. The second-order valence-corrected chi connectivity index (χ2v) is 8.14. The van der Waals surface area contributed by atoms with Gasteiger partial charge in [-0.05, 0) is 31.4 Å². The molecule has 1 aliphatic carbocycles. The van der Waals surface area contributed by atoms with Crippen LogP contribution in [0.4, 0.5) is 5.82 Å². The quantitative estimate of drug-likeness (QED) is 0.731. The summed E-state index contributed by atoms with van der Waals surface area (Å²) in [7, 11) is 0. The molecule has 2 N–H and O–H groups in total. The Morgan fingerprint density at radius 2 is 2.15 bits per heavy atom. The molecule has 3 aromatic rings. The maximum Gasteiger partial charge on any atom is 0.131 e. The summed E-state index contributed by atoms with van der Waals surface area (Å²) < 4.78 is 1.98. The minimum Gasteiger partial charge on any atom is -0.349 e. The minimum atomic E-state index is -0.0649. The van der Waals surface area contributed by atoms with E-state index in [2.05, 4.69) is 22.9 Å². The van der Waals surface area contributed by atoms with Crippen molar-refractivity contribution in [2.45, 2.75) is 43.8 Å². The van der Waals surface area contributed by atoms with Crippen LogP contribution in [0.2, 0.25) is 10.0 Å². The Morgan fingerprint density at radius 3 is 2.88 bits per heavy atom. The van der Waals surface area contributed by atoms with Gasteiger partial charge in [0.05, 0.1) is 33.6 Å². The van der Waals surface area contributed by atoms with Gasteiger partial charge in [-0.3, -0.25) is 0 Å². The van der Waals surface area contributed by atoms with Crippen LogP contribution in [0, 0.1) is 0 Å². The van der Waals surface area contributed by atoms with Gasteiger partial charge in [0, 0.05) is 35.4 Å². The second kappa shape index (κ2) is 5.59. The average Bonchev–Trinajstić information content (AvgIpc) is 3.02. The summed E-state index contributed by atoms with van der Waals surface area (Å²) in [5.74, 6) is 0.909. The zero-order valence-electron chi connectivity index (χ0n) is 14.4. The Hall–Kier alpha value is -1.82. The van der Waals surface area contributed by atoms with Crippen molar-refractivity contribution in [1.82, 2.24) is 14.5 Å². The summed E-state index contributed by atoms with van der Waals surface area (Å²) in [5.41, 5.74) is 8.15. The van der Waals surface area contributed by atoms with Gasteiger partial charge < -0.3 is 15.2 Å². The van der Waals surface area contributed by atoms with Crippen molar-refractivity contribution in [2.24, 2.45) is 5.73 Å². The Morgan fingerprint density at radius 1 is 1.31 bits per heavy atom. The molecule has 2 unspecified atom stereocenters. The molecule has 0 radical (unpaired) electrons.